The highest BCUT2D eigenvalue weighted by Gasteiger charge is 2.37. The van der Waals surface area contributed by atoms with Gasteiger partial charge in [-0.25, -0.2) is 26.6 Å². The van der Waals surface area contributed by atoms with Crippen molar-refractivity contribution < 1.29 is 26.0 Å². The highest BCUT2D eigenvalue weighted by molar-refractivity contribution is 7.92. The second kappa shape index (κ2) is 10.7. The van der Waals surface area contributed by atoms with E-state index in [9.17, 15) is 21.6 Å². The van der Waals surface area contributed by atoms with Gasteiger partial charge in [-0.05, 0) is 42.4 Å². The first-order chi connectivity index (χ1) is 16.6. The van der Waals surface area contributed by atoms with Crippen LogP contribution >= 0.6 is 22.9 Å². The number of benzene rings is 2. The van der Waals surface area contributed by atoms with Crippen molar-refractivity contribution in [3.05, 3.63) is 68.8 Å². The Hall–Kier alpha value is -2.12. The topological polar surface area (TPSA) is 80.3 Å². The Kier molecular flexibility index (Phi) is 8.46. The molecular formula is C23H27ClF3N3O3S2Si. The summed E-state index contributed by atoms with van der Waals surface area (Å²) >= 11 is 7.38. The minimum atomic E-state index is -4.29. The van der Waals surface area contributed by atoms with E-state index in [0.717, 1.165) is 24.3 Å². The minimum Gasteiger partial charge on any atom is -0.412 e. The van der Waals surface area contributed by atoms with Crippen molar-refractivity contribution in [3.63, 3.8) is 0 Å². The second-order valence-electron chi connectivity index (χ2n) is 9.63. The smallest absolute Gasteiger partial charge is 0.266 e. The van der Waals surface area contributed by atoms with Gasteiger partial charge in [0.05, 0.1) is 22.8 Å². The summed E-state index contributed by atoms with van der Waals surface area (Å²) < 4.78 is 77.5. The maximum atomic E-state index is 14.8. The van der Waals surface area contributed by atoms with Crippen LogP contribution in [0.4, 0.5) is 24.7 Å². The van der Waals surface area contributed by atoms with Crippen LogP contribution in [0.1, 0.15) is 31.9 Å². The summed E-state index contributed by atoms with van der Waals surface area (Å²) in [4.78, 5) is 3.14. The van der Waals surface area contributed by atoms with Gasteiger partial charge in [0.15, 0.2) is 14.1 Å². The third-order valence-electron chi connectivity index (χ3n) is 6.14. The average Bonchev–Trinajstić information content (AvgIpc) is 3.26. The summed E-state index contributed by atoms with van der Waals surface area (Å²) in [6.45, 7) is 9.76. The lowest BCUT2D eigenvalue weighted by Gasteiger charge is -2.36. The monoisotopic (exact) mass is 577 g/mol. The van der Waals surface area contributed by atoms with Gasteiger partial charge in [0.2, 0.25) is 0 Å². The van der Waals surface area contributed by atoms with E-state index in [2.05, 4.69) is 15.0 Å². The van der Waals surface area contributed by atoms with Crippen molar-refractivity contribution in [2.75, 3.05) is 10.0 Å². The van der Waals surface area contributed by atoms with Crippen LogP contribution in [0.3, 0.4) is 0 Å². The zero-order chi connectivity index (χ0) is 26.9. The van der Waals surface area contributed by atoms with Crippen LogP contribution in [0.15, 0.2) is 40.1 Å². The number of hydrogen-bond acceptors (Lipinski definition) is 6. The standard InChI is InChI=1S/C23H27ClF3N3O3S2Si/c1-23(2,3)36(4,5)33-11-15-14(17(25)6-7-18(15)26)10-28-20-9-19(27)21(8-16(20)24)35(31,32)30-22-12-34-13-29-22/h6-9,12-13,28,30H,10-11H2,1-5H3. The molecule has 13 heteroatoms. The molecule has 6 nitrogen and oxygen atoms in total. The molecule has 0 fully saturated rings. The van der Waals surface area contributed by atoms with Crippen molar-refractivity contribution in [1.29, 1.82) is 0 Å². The fourth-order valence-electron chi connectivity index (χ4n) is 2.96. The fourth-order valence-corrected chi connectivity index (χ4v) is 5.84. The predicted octanol–water partition coefficient (Wildman–Crippen LogP) is 7.15. The van der Waals surface area contributed by atoms with Gasteiger partial charge < -0.3 is 9.74 Å². The molecule has 3 rings (SSSR count). The Labute approximate surface area is 219 Å². The van der Waals surface area contributed by atoms with Crippen LogP contribution in [0.5, 0.6) is 0 Å². The minimum absolute atomic E-state index is 0.00656. The molecule has 0 aliphatic carbocycles. The van der Waals surface area contributed by atoms with Crippen LogP contribution < -0.4 is 10.0 Å². The molecule has 0 amide bonds. The number of aromatic nitrogens is 1. The van der Waals surface area contributed by atoms with Gasteiger partial charge in [-0.3, -0.25) is 4.72 Å². The first kappa shape index (κ1) is 28.4. The van der Waals surface area contributed by atoms with E-state index >= 15 is 0 Å². The lowest BCUT2D eigenvalue weighted by atomic mass is 10.1. The molecule has 36 heavy (non-hydrogen) atoms. The van der Waals surface area contributed by atoms with Gasteiger partial charge in [0.25, 0.3) is 10.0 Å². The number of nitrogens with one attached hydrogen (secondary N) is 2. The molecule has 0 atom stereocenters. The Balaban J connectivity index is 1.84. The number of anilines is 2. The number of rotatable bonds is 9. The van der Waals surface area contributed by atoms with E-state index in [4.69, 9.17) is 16.0 Å². The number of sulfonamides is 1. The zero-order valence-corrected chi connectivity index (χ0v) is 23.8. The highest BCUT2D eigenvalue weighted by atomic mass is 35.5. The van der Waals surface area contributed by atoms with Crippen molar-refractivity contribution in [2.24, 2.45) is 0 Å². The van der Waals surface area contributed by atoms with Crippen LogP contribution in [0.25, 0.3) is 0 Å². The van der Waals surface area contributed by atoms with E-state index in [1.165, 1.54) is 22.2 Å². The van der Waals surface area contributed by atoms with Crippen molar-refractivity contribution in [1.82, 2.24) is 4.98 Å². The van der Waals surface area contributed by atoms with Crippen LogP contribution in [0.2, 0.25) is 23.2 Å². The van der Waals surface area contributed by atoms with Crippen molar-refractivity contribution in [3.8, 4) is 0 Å². The third kappa shape index (κ3) is 6.41. The van der Waals surface area contributed by atoms with E-state index < -0.39 is 40.7 Å². The van der Waals surface area contributed by atoms with Gasteiger partial charge in [0, 0.05) is 23.1 Å². The molecule has 0 aliphatic rings. The lowest BCUT2D eigenvalue weighted by molar-refractivity contribution is 0.269. The highest BCUT2D eigenvalue weighted by Crippen LogP contribution is 2.37. The predicted molar refractivity (Wildman–Crippen MR) is 140 cm³/mol. The quantitative estimate of drug-likeness (QED) is 0.264. The molecule has 0 unspecified atom stereocenters. The first-order valence-electron chi connectivity index (χ1n) is 10.9. The Bertz CT molecular complexity index is 1350. The first-order valence-corrected chi connectivity index (χ1v) is 16.6. The molecular weight excluding hydrogens is 551 g/mol. The Morgan fingerprint density at radius 3 is 2.31 bits per heavy atom. The van der Waals surface area contributed by atoms with E-state index in [0.29, 0.717) is 0 Å². The maximum absolute atomic E-state index is 14.8. The van der Waals surface area contributed by atoms with E-state index in [-0.39, 0.29) is 45.8 Å². The molecule has 2 aromatic carbocycles. The van der Waals surface area contributed by atoms with Gasteiger partial charge in [-0.1, -0.05) is 32.4 Å². The van der Waals surface area contributed by atoms with Crippen molar-refractivity contribution >= 4 is 52.8 Å². The summed E-state index contributed by atoms with van der Waals surface area (Å²) in [7, 11) is -6.54. The van der Waals surface area contributed by atoms with E-state index in [1.807, 2.05) is 33.9 Å². The number of hydrogen-bond donors (Lipinski definition) is 2. The van der Waals surface area contributed by atoms with E-state index in [1.54, 1.807) is 0 Å². The van der Waals surface area contributed by atoms with Gasteiger partial charge >= 0.3 is 0 Å². The number of halogens is 4. The maximum Gasteiger partial charge on any atom is 0.266 e. The normalized spacial score (nSPS) is 12.6. The molecule has 0 saturated carbocycles. The summed E-state index contributed by atoms with van der Waals surface area (Å²) in [5.74, 6) is -2.32. The molecule has 196 valence electrons. The molecule has 0 bridgehead atoms. The molecule has 3 aromatic rings. The Morgan fingerprint density at radius 2 is 1.72 bits per heavy atom. The summed E-state index contributed by atoms with van der Waals surface area (Å²) in [6, 6.07) is 3.87. The average molecular weight is 578 g/mol. The summed E-state index contributed by atoms with van der Waals surface area (Å²) in [5, 5.41) is 3.98. The number of thiazole rings is 1. The molecule has 1 aromatic heterocycles. The number of nitrogens with zero attached hydrogens (tertiary/aromatic N) is 1. The zero-order valence-electron chi connectivity index (χ0n) is 20.4. The summed E-state index contributed by atoms with van der Waals surface area (Å²) in [6.07, 6.45) is 0. The Morgan fingerprint density at radius 1 is 1.08 bits per heavy atom. The third-order valence-corrected chi connectivity index (χ3v) is 12.9. The van der Waals surface area contributed by atoms with Crippen LogP contribution in [-0.2, 0) is 27.6 Å². The molecule has 0 spiro atoms. The van der Waals surface area contributed by atoms with Gasteiger partial charge in [0.1, 0.15) is 22.3 Å². The molecule has 0 radical (unpaired) electrons. The molecule has 0 aliphatic heterocycles. The molecule has 2 N–H and O–H groups in total. The largest absolute Gasteiger partial charge is 0.412 e. The molecule has 1 heterocycles. The van der Waals surface area contributed by atoms with Gasteiger partial charge in [-0.2, -0.15) is 0 Å². The van der Waals surface area contributed by atoms with Crippen LogP contribution in [-0.4, -0.2) is 21.7 Å². The molecule has 0 saturated heterocycles. The summed E-state index contributed by atoms with van der Waals surface area (Å²) in [5.41, 5.74) is 1.50. The van der Waals surface area contributed by atoms with Crippen LogP contribution in [0, 0.1) is 17.5 Å². The fraction of sp³-hybridized carbons (Fsp3) is 0.348. The van der Waals surface area contributed by atoms with Crippen molar-refractivity contribution in [2.45, 2.75) is 57.0 Å². The lowest BCUT2D eigenvalue weighted by Crippen LogP contribution is -2.40. The SMILES string of the molecule is CC(C)(C)[Si](C)(C)OCc1c(F)ccc(F)c1CNc1cc(F)c(S(=O)(=O)Nc2cscn2)cc1Cl. The second-order valence-corrected chi connectivity index (χ2v) is 17.2. The van der Waals surface area contributed by atoms with Gasteiger partial charge in [-0.15, -0.1) is 11.3 Å².